The van der Waals surface area contributed by atoms with E-state index < -0.39 is 38.8 Å². The highest BCUT2D eigenvalue weighted by molar-refractivity contribution is 7.89. The summed E-state index contributed by atoms with van der Waals surface area (Å²) in [5, 5.41) is 4.44. The van der Waals surface area contributed by atoms with Crippen LogP contribution in [0, 0.1) is 11.2 Å². The minimum atomic E-state index is -4.61. The number of carbonyl (C=O) groups excluding carboxylic acids is 1. The van der Waals surface area contributed by atoms with Crippen LogP contribution in [-0.4, -0.2) is 41.4 Å². The van der Waals surface area contributed by atoms with Gasteiger partial charge >= 0.3 is 6.18 Å². The van der Waals surface area contributed by atoms with E-state index in [4.69, 9.17) is 4.42 Å². The number of fused-ring (bicyclic) bond motifs is 2. The van der Waals surface area contributed by atoms with Crippen molar-refractivity contribution in [1.29, 1.82) is 0 Å². The van der Waals surface area contributed by atoms with Gasteiger partial charge in [-0.25, -0.2) is 17.5 Å². The fraction of sp³-hybridized carbons (Fsp3) is 0.214. The smallest absolute Gasteiger partial charge is 0.416 e. The molecule has 1 aliphatic carbocycles. The highest BCUT2D eigenvalue weighted by Gasteiger charge is 2.51. The number of alkyl halides is 3. The number of rotatable bonds is 5. The summed E-state index contributed by atoms with van der Waals surface area (Å²) in [5.41, 5.74) is 0.400. The number of nitrogens with zero attached hydrogens (tertiary/aromatic N) is 3. The van der Waals surface area contributed by atoms with Gasteiger partial charge < -0.3 is 4.42 Å². The third kappa shape index (κ3) is 4.27. The van der Waals surface area contributed by atoms with Crippen molar-refractivity contribution >= 4 is 21.9 Å². The van der Waals surface area contributed by atoms with E-state index in [1.165, 1.54) is 24.5 Å². The molecule has 0 N–H and O–H groups in total. The Morgan fingerprint density at radius 1 is 1.02 bits per heavy atom. The summed E-state index contributed by atoms with van der Waals surface area (Å²) in [4.78, 5) is 13.7. The Kier molecular flexibility index (Phi) is 6.07. The molecule has 2 aromatic heterocycles. The molecule has 6 rings (SSSR count). The third-order valence-corrected chi connectivity index (χ3v) is 9.31. The number of piperidine rings is 1. The molecule has 2 aromatic carbocycles. The lowest BCUT2D eigenvalue weighted by atomic mass is 9.65. The fourth-order valence-corrected chi connectivity index (χ4v) is 6.92. The number of hydrogen-bond acceptors (Lipinski definition) is 5. The molecule has 4 aromatic rings. The zero-order chi connectivity index (χ0) is 28.3. The second kappa shape index (κ2) is 9.27. The number of hydrogen-bond donors (Lipinski definition) is 0. The van der Waals surface area contributed by atoms with Crippen molar-refractivity contribution in [3.63, 3.8) is 0 Å². The molecule has 1 fully saturated rings. The van der Waals surface area contributed by atoms with Crippen molar-refractivity contribution in [2.45, 2.75) is 23.9 Å². The molecular formula is C28H21F4N3O4S. The van der Waals surface area contributed by atoms with Crippen LogP contribution < -0.4 is 0 Å². The number of aromatic nitrogens is 2. The molecule has 0 saturated carbocycles. The van der Waals surface area contributed by atoms with E-state index in [-0.39, 0.29) is 36.6 Å². The van der Waals surface area contributed by atoms with Crippen molar-refractivity contribution in [3.05, 3.63) is 107 Å². The Morgan fingerprint density at radius 3 is 2.40 bits per heavy atom. The largest absolute Gasteiger partial charge is 0.461 e. The summed E-state index contributed by atoms with van der Waals surface area (Å²) < 4.78 is 88.0. The molecule has 0 radical (unpaired) electrons. The van der Waals surface area contributed by atoms with Crippen LogP contribution in [0.25, 0.3) is 11.8 Å². The van der Waals surface area contributed by atoms with Crippen LogP contribution in [0.15, 0.2) is 88.0 Å². The predicted octanol–water partition coefficient (Wildman–Crippen LogP) is 5.53. The third-order valence-electron chi connectivity index (χ3n) is 7.45. The van der Waals surface area contributed by atoms with Crippen molar-refractivity contribution < 1.29 is 35.2 Å². The van der Waals surface area contributed by atoms with Crippen molar-refractivity contribution in [2.24, 2.45) is 5.41 Å². The molecule has 0 bridgehead atoms. The van der Waals surface area contributed by atoms with E-state index in [1.807, 2.05) is 6.08 Å². The molecule has 0 spiro atoms. The molecule has 40 heavy (non-hydrogen) atoms. The number of Topliss-reactive ketones (excluding diaryl/α,β-unsaturated/α-hetero) is 1. The Morgan fingerprint density at radius 2 is 1.75 bits per heavy atom. The highest BCUT2D eigenvalue weighted by Crippen LogP contribution is 2.47. The lowest BCUT2D eigenvalue weighted by molar-refractivity contribution is -0.137. The van der Waals surface area contributed by atoms with Gasteiger partial charge in [0.2, 0.25) is 15.8 Å². The molecule has 3 heterocycles. The van der Waals surface area contributed by atoms with Gasteiger partial charge in [-0.1, -0.05) is 5.57 Å². The number of carbonyl (C=O) groups is 1. The van der Waals surface area contributed by atoms with Crippen LogP contribution in [0.1, 0.15) is 33.8 Å². The standard InChI is InChI=1S/C28H21F4N3O4S/c29-21-5-7-22(8-6-21)35-24-14-20-11-12-34(40(37,38)23-9-3-19(4-10-23)28(30,31)32)17-27(20,15-18(24)16-33-35)26(36)25-2-1-13-39-25/h1-10,13-14,16H,11-12,15,17H2. The maximum Gasteiger partial charge on any atom is 0.416 e. The topological polar surface area (TPSA) is 85.4 Å². The van der Waals surface area contributed by atoms with Crippen LogP contribution >= 0.6 is 0 Å². The Labute approximate surface area is 226 Å². The average Bonchev–Trinajstić information content (AvgIpc) is 3.61. The monoisotopic (exact) mass is 571 g/mol. The van der Waals surface area contributed by atoms with Gasteiger partial charge in [-0.3, -0.25) is 4.79 Å². The summed E-state index contributed by atoms with van der Waals surface area (Å²) in [6.07, 6.45) is 0.469. The molecule has 7 nitrogen and oxygen atoms in total. The van der Waals surface area contributed by atoms with Crippen LogP contribution in [0.5, 0.6) is 0 Å². The molecule has 0 amide bonds. The lowest BCUT2D eigenvalue weighted by Crippen LogP contribution is -2.53. The van der Waals surface area contributed by atoms with Crippen molar-refractivity contribution in [2.75, 3.05) is 13.1 Å². The van der Waals surface area contributed by atoms with E-state index in [2.05, 4.69) is 5.10 Å². The molecule has 1 saturated heterocycles. The molecule has 2 aliphatic rings. The van der Waals surface area contributed by atoms with E-state index in [0.717, 1.165) is 28.6 Å². The van der Waals surface area contributed by atoms with E-state index in [1.54, 1.807) is 29.1 Å². The molecular weight excluding hydrogens is 550 g/mol. The molecule has 1 atom stereocenters. The van der Waals surface area contributed by atoms with E-state index >= 15 is 0 Å². The second-order valence-corrected chi connectivity index (χ2v) is 11.7. The lowest BCUT2D eigenvalue weighted by Gasteiger charge is -2.44. The Bertz CT molecular complexity index is 1730. The van der Waals surface area contributed by atoms with Gasteiger partial charge in [0, 0.05) is 13.1 Å². The SMILES string of the molecule is O=C(c1ccco1)C12Cc3cnn(-c4ccc(F)cc4)c3C=C1CCN(S(=O)(=O)c1ccc(C(F)(F)F)cc1)C2. The number of ketones is 1. The molecule has 1 aliphatic heterocycles. The van der Waals surface area contributed by atoms with Gasteiger partial charge in [-0.2, -0.15) is 22.6 Å². The summed E-state index contributed by atoms with van der Waals surface area (Å²) in [6, 6.07) is 12.2. The summed E-state index contributed by atoms with van der Waals surface area (Å²) >= 11 is 0. The first kappa shape index (κ1) is 26.2. The molecule has 206 valence electrons. The van der Waals surface area contributed by atoms with Gasteiger partial charge in [0.05, 0.1) is 39.7 Å². The first-order valence-electron chi connectivity index (χ1n) is 12.3. The van der Waals surface area contributed by atoms with Gasteiger partial charge in [-0.05, 0) is 85.1 Å². The normalized spacial score (nSPS) is 19.6. The Hall–Kier alpha value is -4.03. The number of halogens is 4. The predicted molar refractivity (Wildman–Crippen MR) is 135 cm³/mol. The van der Waals surface area contributed by atoms with Crippen LogP contribution in [0.3, 0.4) is 0 Å². The van der Waals surface area contributed by atoms with Gasteiger partial charge in [0.25, 0.3) is 0 Å². The Balaban J connectivity index is 1.40. The van der Waals surface area contributed by atoms with Crippen LogP contribution in [0.4, 0.5) is 17.6 Å². The molecule has 1 unspecified atom stereocenters. The van der Waals surface area contributed by atoms with Gasteiger partial charge in [0.15, 0.2) is 5.76 Å². The summed E-state index contributed by atoms with van der Waals surface area (Å²) in [6.45, 7) is -0.217. The number of benzene rings is 2. The minimum absolute atomic E-state index is 0.0163. The quantitative estimate of drug-likeness (QED) is 0.233. The summed E-state index contributed by atoms with van der Waals surface area (Å²) in [7, 11) is -4.23. The van der Waals surface area contributed by atoms with E-state index in [0.29, 0.717) is 22.5 Å². The van der Waals surface area contributed by atoms with Crippen LogP contribution in [0.2, 0.25) is 0 Å². The molecule has 12 heteroatoms. The number of furan rings is 1. The average molecular weight is 572 g/mol. The number of sulfonamides is 1. The van der Waals surface area contributed by atoms with Crippen molar-refractivity contribution in [3.8, 4) is 5.69 Å². The van der Waals surface area contributed by atoms with Gasteiger partial charge in [0.1, 0.15) is 5.82 Å². The highest BCUT2D eigenvalue weighted by atomic mass is 32.2. The maximum absolute atomic E-state index is 14.0. The first-order valence-corrected chi connectivity index (χ1v) is 13.7. The van der Waals surface area contributed by atoms with Crippen molar-refractivity contribution in [1.82, 2.24) is 14.1 Å². The minimum Gasteiger partial charge on any atom is -0.461 e. The van der Waals surface area contributed by atoms with Crippen LogP contribution in [-0.2, 0) is 22.6 Å². The first-order chi connectivity index (χ1) is 19.0. The zero-order valence-electron chi connectivity index (χ0n) is 20.7. The zero-order valence-corrected chi connectivity index (χ0v) is 21.5. The van der Waals surface area contributed by atoms with Gasteiger partial charge in [-0.15, -0.1) is 0 Å². The maximum atomic E-state index is 14.0. The fourth-order valence-electron chi connectivity index (χ4n) is 5.42. The van der Waals surface area contributed by atoms with E-state index in [9.17, 15) is 30.8 Å². The summed E-state index contributed by atoms with van der Waals surface area (Å²) in [5.74, 6) is -0.738. The second-order valence-electron chi connectivity index (χ2n) is 9.79.